The summed E-state index contributed by atoms with van der Waals surface area (Å²) in [5.74, 6) is 0. The fraction of sp³-hybridized carbons (Fsp3) is 0.143. The molecule has 0 aliphatic carbocycles. The molecule has 0 spiro atoms. The standard InChI is InChI=1S/C21H15F3N2O/c1-25-19-17(21(22,23)24)14-18(16-10-6-3-7-11-16)26(20(19)27)13-12-15-8-4-2-5-9-15/h2-11,14H,12-13H2. The van der Waals surface area contributed by atoms with Crippen molar-refractivity contribution in [3.05, 3.63) is 99.6 Å². The second-order valence-electron chi connectivity index (χ2n) is 5.96. The highest BCUT2D eigenvalue weighted by Crippen LogP contribution is 2.37. The Balaban J connectivity index is 2.18. The first-order chi connectivity index (χ1) is 12.9. The van der Waals surface area contributed by atoms with Crippen LogP contribution in [-0.4, -0.2) is 4.57 Å². The molecule has 0 bridgehead atoms. The van der Waals surface area contributed by atoms with Crippen LogP contribution in [0.2, 0.25) is 0 Å². The van der Waals surface area contributed by atoms with Gasteiger partial charge in [0, 0.05) is 12.2 Å². The van der Waals surface area contributed by atoms with E-state index in [0.717, 1.165) is 11.6 Å². The van der Waals surface area contributed by atoms with Gasteiger partial charge in [-0.1, -0.05) is 60.7 Å². The molecule has 1 heterocycles. The third-order valence-electron chi connectivity index (χ3n) is 4.23. The van der Waals surface area contributed by atoms with Gasteiger partial charge >= 0.3 is 6.18 Å². The van der Waals surface area contributed by atoms with Gasteiger partial charge in [-0.25, -0.2) is 4.85 Å². The molecule has 0 aliphatic rings. The van der Waals surface area contributed by atoms with Crippen LogP contribution in [0.1, 0.15) is 11.1 Å². The zero-order chi connectivity index (χ0) is 19.4. The number of pyridine rings is 1. The Hall–Kier alpha value is -3.33. The van der Waals surface area contributed by atoms with E-state index in [1.807, 2.05) is 30.3 Å². The van der Waals surface area contributed by atoms with E-state index < -0.39 is 23.0 Å². The van der Waals surface area contributed by atoms with Gasteiger partial charge in [-0.15, -0.1) is 0 Å². The third-order valence-corrected chi connectivity index (χ3v) is 4.23. The summed E-state index contributed by atoms with van der Waals surface area (Å²) in [6, 6.07) is 18.6. The topological polar surface area (TPSA) is 26.4 Å². The highest BCUT2D eigenvalue weighted by Gasteiger charge is 2.36. The Kier molecular flexibility index (Phi) is 5.13. The van der Waals surface area contributed by atoms with E-state index in [4.69, 9.17) is 6.57 Å². The first-order valence-electron chi connectivity index (χ1n) is 8.23. The molecule has 3 rings (SSSR count). The van der Waals surface area contributed by atoms with Gasteiger partial charge in [0.25, 0.3) is 11.2 Å². The number of benzene rings is 2. The lowest BCUT2D eigenvalue weighted by Crippen LogP contribution is -2.25. The Bertz CT molecular complexity index is 1030. The predicted molar refractivity (Wildman–Crippen MR) is 97.5 cm³/mol. The van der Waals surface area contributed by atoms with Crippen LogP contribution in [0.25, 0.3) is 16.1 Å². The molecule has 3 aromatic rings. The lowest BCUT2D eigenvalue weighted by molar-refractivity contribution is -0.136. The molecule has 2 aromatic carbocycles. The lowest BCUT2D eigenvalue weighted by atomic mass is 10.1. The van der Waals surface area contributed by atoms with Crippen molar-refractivity contribution < 1.29 is 13.2 Å². The first-order valence-corrected chi connectivity index (χ1v) is 8.23. The Labute approximate surface area is 154 Å². The summed E-state index contributed by atoms with van der Waals surface area (Å²) in [7, 11) is 0. The molecule has 1 aromatic heterocycles. The Morgan fingerprint density at radius 3 is 2.11 bits per heavy atom. The van der Waals surface area contributed by atoms with E-state index in [1.54, 1.807) is 30.3 Å². The van der Waals surface area contributed by atoms with Gasteiger partial charge in [0.05, 0.1) is 12.1 Å². The minimum atomic E-state index is -4.78. The molecular weight excluding hydrogens is 353 g/mol. The number of nitrogens with zero attached hydrogens (tertiary/aromatic N) is 2. The molecule has 136 valence electrons. The molecule has 0 fully saturated rings. The number of rotatable bonds is 4. The van der Waals surface area contributed by atoms with E-state index in [1.165, 1.54) is 4.57 Å². The van der Waals surface area contributed by atoms with Crippen molar-refractivity contribution in [2.45, 2.75) is 19.1 Å². The molecular formula is C21H15F3N2O. The van der Waals surface area contributed by atoms with Crippen molar-refractivity contribution in [3.8, 4) is 11.3 Å². The minimum Gasteiger partial charge on any atom is -0.317 e. The van der Waals surface area contributed by atoms with Crippen LogP contribution in [-0.2, 0) is 19.1 Å². The zero-order valence-corrected chi connectivity index (χ0v) is 14.2. The fourth-order valence-corrected chi connectivity index (χ4v) is 2.92. The monoisotopic (exact) mass is 368 g/mol. The van der Waals surface area contributed by atoms with E-state index in [9.17, 15) is 18.0 Å². The van der Waals surface area contributed by atoms with Crippen LogP contribution < -0.4 is 5.56 Å². The van der Waals surface area contributed by atoms with E-state index in [0.29, 0.717) is 12.0 Å². The fourth-order valence-electron chi connectivity index (χ4n) is 2.92. The van der Waals surface area contributed by atoms with E-state index >= 15 is 0 Å². The van der Waals surface area contributed by atoms with Gasteiger partial charge in [-0.3, -0.25) is 4.79 Å². The third kappa shape index (κ3) is 3.93. The first kappa shape index (κ1) is 18.5. The summed E-state index contributed by atoms with van der Waals surface area (Å²) in [4.78, 5) is 15.6. The van der Waals surface area contributed by atoms with E-state index in [-0.39, 0.29) is 12.2 Å². The van der Waals surface area contributed by atoms with Crippen molar-refractivity contribution >= 4 is 5.69 Å². The quantitative estimate of drug-likeness (QED) is 0.572. The van der Waals surface area contributed by atoms with Crippen molar-refractivity contribution in [2.75, 3.05) is 0 Å². The molecule has 27 heavy (non-hydrogen) atoms. The summed E-state index contributed by atoms with van der Waals surface area (Å²) in [6.45, 7) is 7.26. The van der Waals surface area contributed by atoms with Crippen molar-refractivity contribution in [3.63, 3.8) is 0 Å². The van der Waals surface area contributed by atoms with Gasteiger partial charge in [0.1, 0.15) is 0 Å². The van der Waals surface area contributed by atoms with Crippen LogP contribution in [0.3, 0.4) is 0 Å². The van der Waals surface area contributed by atoms with Crippen LogP contribution in [0, 0.1) is 6.57 Å². The number of alkyl halides is 3. The molecule has 0 radical (unpaired) electrons. The molecule has 0 N–H and O–H groups in total. The lowest BCUT2D eigenvalue weighted by Gasteiger charge is -2.18. The van der Waals surface area contributed by atoms with Crippen molar-refractivity contribution in [1.29, 1.82) is 0 Å². The average molecular weight is 368 g/mol. The van der Waals surface area contributed by atoms with Crippen LogP contribution >= 0.6 is 0 Å². The normalized spacial score (nSPS) is 11.2. The summed E-state index contributed by atoms with van der Waals surface area (Å²) in [5.41, 5.74) is -1.42. The SMILES string of the molecule is [C-]#[N+]c1c(C(F)(F)F)cc(-c2ccccc2)n(CCc2ccccc2)c1=O. The van der Waals surface area contributed by atoms with Crippen LogP contribution in [0.4, 0.5) is 18.9 Å². The minimum absolute atomic E-state index is 0.149. The molecule has 0 saturated heterocycles. The summed E-state index contributed by atoms with van der Waals surface area (Å²) in [5, 5.41) is 0. The highest BCUT2D eigenvalue weighted by molar-refractivity contribution is 5.65. The van der Waals surface area contributed by atoms with Crippen molar-refractivity contribution in [2.24, 2.45) is 0 Å². The number of halogens is 3. The number of hydrogen-bond donors (Lipinski definition) is 0. The second-order valence-corrected chi connectivity index (χ2v) is 5.96. The van der Waals surface area contributed by atoms with Crippen molar-refractivity contribution in [1.82, 2.24) is 4.57 Å². The Morgan fingerprint density at radius 1 is 0.963 bits per heavy atom. The molecule has 0 atom stereocenters. The maximum absolute atomic E-state index is 13.4. The second kappa shape index (κ2) is 7.50. The van der Waals surface area contributed by atoms with Gasteiger partial charge in [-0.05, 0) is 23.6 Å². The summed E-state index contributed by atoms with van der Waals surface area (Å²) < 4.78 is 41.5. The largest absolute Gasteiger partial charge is 0.407 e. The van der Waals surface area contributed by atoms with Gasteiger partial charge in [-0.2, -0.15) is 13.2 Å². The molecule has 3 nitrogen and oxygen atoms in total. The maximum atomic E-state index is 13.4. The van der Waals surface area contributed by atoms with Crippen LogP contribution in [0.15, 0.2) is 71.5 Å². The zero-order valence-electron chi connectivity index (χ0n) is 14.2. The number of aromatic nitrogens is 1. The van der Waals surface area contributed by atoms with Gasteiger partial charge < -0.3 is 4.57 Å². The van der Waals surface area contributed by atoms with Gasteiger partial charge in [0.2, 0.25) is 0 Å². The van der Waals surface area contributed by atoms with E-state index in [2.05, 4.69) is 4.85 Å². The molecule has 0 unspecified atom stereocenters. The smallest absolute Gasteiger partial charge is 0.317 e. The maximum Gasteiger partial charge on any atom is 0.407 e. The average Bonchev–Trinajstić information content (AvgIpc) is 2.67. The highest BCUT2D eigenvalue weighted by atomic mass is 19.4. The summed E-state index contributed by atoms with van der Waals surface area (Å²) >= 11 is 0. The number of hydrogen-bond acceptors (Lipinski definition) is 1. The molecule has 0 amide bonds. The summed E-state index contributed by atoms with van der Waals surface area (Å²) in [6.07, 6.45) is -4.32. The molecule has 0 saturated carbocycles. The Morgan fingerprint density at radius 2 is 1.56 bits per heavy atom. The predicted octanol–water partition coefficient (Wildman–Crippen LogP) is 5.33. The molecule has 6 heteroatoms. The number of aryl methyl sites for hydroxylation is 1. The molecule has 0 aliphatic heterocycles. The van der Waals surface area contributed by atoms with Crippen LogP contribution in [0.5, 0.6) is 0 Å². The van der Waals surface area contributed by atoms with Gasteiger partial charge in [0.15, 0.2) is 0 Å².